The van der Waals surface area contributed by atoms with Gasteiger partial charge in [-0.05, 0) is 50.0 Å². The van der Waals surface area contributed by atoms with Crippen LogP contribution in [0.4, 0.5) is 0 Å². The van der Waals surface area contributed by atoms with Crippen LogP contribution in [0.1, 0.15) is 37.7 Å². The third kappa shape index (κ3) is 5.88. The zero-order valence-electron chi connectivity index (χ0n) is 19.1. The van der Waals surface area contributed by atoms with Gasteiger partial charge in [0.2, 0.25) is 5.91 Å². The van der Waals surface area contributed by atoms with Crippen LogP contribution < -0.4 is 0 Å². The van der Waals surface area contributed by atoms with Gasteiger partial charge >= 0.3 is 11.8 Å². The summed E-state index contributed by atoms with van der Waals surface area (Å²) in [5, 5.41) is 0. The van der Waals surface area contributed by atoms with Crippen molar-refractivity contribution in [3.63, 3.8) is 0 Å². The molecule has 3 heterocycles. The molecule has 1 aromatic rings. The van der Waals surface area contributed by atoms with Gasteiger partial charge in [0.05, 0.1) is 6.54 Å². The number of piperidine rings is 1. The highest BCUT2D eigenvalue weighted by Gasteiger charge is 2.31. The molecule has 0 unspecified atom stereocenters. The molecule has 3 aliphatic heterocycles. The number of carbonyl (C=O) groups excluding carboxylic acids is 3. The van der Waals surface area contributed by atoms with Crippen molar-refractivity contribution in [2.75, 3.05) is 58.9 Å². The summed E-state index contributed by atoms with van der Waals surface area (Å²) in [6, 6.07) is 10.6. The van der Waals surface area contributed by atoms with E-state index >= 15 is 0 Å². The van der Waals surface area contributed by atoms with Crippen molar-refractivity contribution < 1.29 is 14.4 Å². The summed E-state index contributed by atoms with van der Waals surface area (Å²) >= 11 is 0. The molecule has 4 rings (SSSR count). The minimum atomic E-state index is -0.379. The third-order valence-corrected chi connectivity index (χ3v) is 7.25. The van der Waals surface area contributed by atoms with Crippen molar-refractivity contribution in [1.29, 1.82) is 0 Å². The summed E-state index contributed by atoms with van der Waals surface area (Å²) in [5.41, 5.74) is 1.39. The van der Waals surface area contributed by atoms with Crippen LogP contribution in [0, 0.1) is 5.92 Å². The van der Waals surface area contributed by atoms with Crippen LogP contribution in [0.3, 0.4) is 0 Å². The number of amides is 3. The van der Waals surface area contributed by atoms with Gasteiger partial charge in [-0.25, -0.2) is 0 Å². The molecule has 0 N–H and O–H groups in total. The molecule has 3 fully saturated rings. The predicted octanol–water partition coefficient (Wildman–Crippen LogP) is 1.62. The van der Waals surface area contributed by atoms with E-state index in [1.165, 1.54) is 12.0 Å². The molecule has 0 radical (unpaired) electrons. The molecule has 0 atom stereocenters. The summed E-state index contributed by atoms with van der Waals surface area (Å²) in [6.45, 7) is 5.85. The number of aryl methyl sites for hydroxylation is 1. The quantitative estimate of drug-likeness (QED) is 0.653. The van der Waals surface area contributed by atoms with E-state index in [4.69, 9.17) is 0 Å². The van der Waals surface area contributed by atoms with Gasteiger partial charge in [-0.1, -0.05) is 30.3 Å². The van der Waals surface area contributed by atoms with E-state index in [0.717, 1.165) is 45.2 Å². The first-order valence-corrected chi connectivity index (χ1v) is 12.2. The summed E-state index contributed by atoms with van der Waals surface area (Å²) < 4.78 is 0. The van der Waals surface area contributed by atoms with E-state index in [9.17, 15) is 14.4 Å². The normalized spacial score (nSPS) is 20.6. The molecule has 0 aromatic heterocycles. The zero-order chi connectivity index (χ0) is 22.3. The summed E-state index contributed by atoms with van der Waals surface area (Å²) in [4.78, 5) is 45.0. The lowest BCUT2D eigenvalue weighted by molar-refractivity contribution is -0.152. The monoisotopic (exact) mass is 440 g/mol. The van der Waals surface area contributed by atoms with Gasteiger partial charge < -0.3 is 14.7 Å². The second-order valence-corrected chi connectivity index (χ2v) is 9.42. The lowest BCUT2D eigenvalue weighted by Gasteiger charge is -2.37. The molecular weight excluding hydrogens is 404 g/mol. The predicted molar refractivity (Wildman–Crippen MR) is 123 cm³/mol. The molecule has 3 aliphatic rings. The van der Waals surface area contributed by atoms with E-state index < -0.39 is 0 Å². The van der Waals surface area contributed by atoms with Crippen LogP contribution in [0.5, 0.6) is 0 Å². The van der Waals surface area contributed by atoms with Crippen LogP contribution in [-0.4, -0.2) is 96.2 Å². The first-order chi connectivity index (χ1) is 15.6. The molecule has 0 saturated carbocycles. The van der Waals surface area contributed by atoms with Gasteiger partial charge in [-0.3, -0.25) is 19.3 Å². The van der Waals surface area contributed by atoms with Crippen molar-refractivity contribution >= 4 is 17.7 Å². The Labute approximate surface area is 191 Å². The highest BCUT2D eigenvalue weighted by molar-refractivity contribution is 6.35. The van der Waals surface area contributed by atoms with Gasteiger partial charge in [0, 0.05) is 52.4 Å². The Hall–Kier alpha value is -2.41. The molecule has 0 bridgehead atoms. The Morgan fingerprint density at radius 2 is 1.31 bits per heavy atom. The van der Waals surface area contributed by atoms with Gasteiger partial charge in [0.1, 0.15) is 0 Å². The molecule has 0 spiro atoms. The second-order valence-electron chi connectivity index (χ2n) is 9.42. The fourth-order valence-electron chi connectivity index (χ4n) is 5.08. The second kappa shape index (κ2) is 10.9. The van der Waals surface area contributed by atoms with E-state index in [0.29, 0.717) is 51.7 Å². The highest BCUT2D eigenvalue weighted by Crippen LogP contribution is 2.22. The van der Waals surface area contributed by atoms with Crippen LogP contribution >= 0.6 is 0 Å². The maximum Gasteiger partial charge on any atom is 0.312 e. The van der Waals surface area contributed by atoms with Gasteiger partial charge in [-0.15, -0.1) is 0 Å². The number of piperazine rings is 1. The molecular formula is C25H36N4O3. The maximum atomic E-state index is 12.8. The number of hydrogen-bond donors (Lipinski definition) is 0. The van der Waals surface area contributed by atoms with E-state index in [1.54, 1.807) is 9.80 Å². The Morgan fingerprint density at radius 1 is 0.719 bits per heavy atom. The topological polar surface area (TPSA) is 64.2 Å². The average Bonchev–Trinajstić information content (AvgIpc) is 3.38. The van der Waals surface area contributed by atoms with Gasteiger partial charge in [0.15, 0.2) is 0 Å². The summed E-state index contributed by atoms with van der Waals surface area (Å²) in [7, 11) is 0. The van der Waals surface area contributed by atoms with Crippen molar-refractivity contribution in [1.82, 2.24) is 19.6 Å². The summed E-state index contributed by atoms with van der Waals surface area (Å²) in [5.74, 6) is 0.152. The molecule has 3 saturated heterocycles. The number of rotatable bonds is 5. The molecule has 174 valence electrons. The van der Waals surface area contributed by atoms with Crippen molar-refractivity contribution in [3.05, 3.63) is 35.9 Å². The average molecular weight is 441 g/mol. The fourth-order valence-corrected chi connectivity index (χ4v) is 5.08. The number of hydrogen-bond acceptors (Lipinski definition) is 4. The lowest BCUT2D eigenvalue weighted by atomic mass is 9.90. The Morgan fingerprint density at radius 3 is 1.94 bits per heavy atom. The molecule has 32 heavy (non-hydrogen) atoms. The van der Waals surface area contributed by atoms with E-state index in [1.807, 2.05) is 4.90 Å². The Kier molecular flexibility index (Phi) is 7.79. The smallest absolute Gasteiger partial charge is 0.312 e. The maximum absolute atomic E-state index is 12.8. The number of carbonyl (C=O) groups is 3. The molecule has 1 aromatic carbocycles. The van der Waals surface area contributed by atoms with Crippen LogP contribution in [0.15, 0.2) is 30.3 Å². The number of benzene rings is 1. The Bertz CT molecular complexity index is 778. The molecule has 3 amide bonds. The number of nitrogens with zero attached hydrogens (tertiary/aromatic N) is 4. The van der Waals surface area contributed by atoms with Crippen LogP contribution in [-0.2, 0) is 20.8 Å². The summed E-state index contributed by atoms with van der Waals surface area (Å²) in [6.07, 6.45) is 6.44. The third-order valence-electron chi connectivity index (χ3n) is 7.25. The highest BCUT2D eigenvalue weighted by atomic mass is 16.2. The van der Waals surface area contributed by atoms with Crippen molar-refractivity contribution in [2.24, 2.45) is 5.92 Å². The lowest BCUT2D eigenvalue weighted by Crippen LogP contribution is -2.54. The minimum Gasteiger partial charge on any atom is -0.342 e. The van der Waals surface area contributed by atoms with Gasteiger partial charge in [0.25, 0.3) is 0 Å². The molecule has 7 heteroatoms. The van der Waals surface area contributed by atoms with E-state index in [2.05, 4.69) is 35.2 Å². The SMILES string of the molecule is O=C(CN1CCN(C(=O)C(=O)N2CCCC2)CC1)N1CCC(CCc2ccccc2)CC1. The number of likely N-dealkylation sites (tertiary alicyclic amines) is 2. The molecule has 7 nitrogen and oxygen atoms in total. The van der Waals surface area contributed by atoms with Crippen molar-refractivity contribution in [3.8, 4) is 0 Å². The van der Waals surface area contributed by atoms with Crippen LogP contribution in [0.2, 0.25) is 0 Å². The van der Waals surface area contributed by atoms with Gasteiger partial charge in [-0.2, -0.15) is 0 Å². The fraction of sp³-hybridized carbons (Fsp3) is 0.640. The largest absolute Gasteiger partial charge is 0.342 e. The van der Waals surface area contributed by atoms with Crippen LogP contribution in [0.25, 0.3) is 0 Å². The Balaban J connectivity index is 1.14. The molecule has 0 aliphatic carbocycles. The van der Waals surface area contributed by atoms with Crippen molar-refractivity contribution in [2.45, 2.75) is 38.5 Å². The van der Waals surface area contributed by atoms with E-state index in [-0.39, 0.29) is 17.7 Å². The zero-order valence-corrected chi connectivity index (χ0v) is 19.1. The first kappa shape index (κ1) is 22.8. The minimum absolute atomic E-state index is 0.194. The standard InChI is InChI=1S/C25H36N4O3/c30-23(27-14-10-22(11-15-27)9-8-21-6-2-1-3-7-21)20-26-16-18-29(19-17-26)25(32)24(31)28-12-4-5-13-28/h1-3,6-7,22H,4-5,8-20H2. The first-order valence-electron chi connectivity index (χ1n) is 12.2.